The van der Waals surface area contributed by atoms with Gasteiger partial charge in [-0.3, -0.25) is 4.79 Å². The Bertz CT molecular complexity index is 1200. The lowest BCUT2D eigenvalue weighted by molar-refractivity contribution is 0.0280. The summed E-state index contributed by atoms with van der Waals surface area (Å²) in [6.07, 6.45) is 0.539. The van der Waals surface area contributed by atoms with Gasteiger partial charge in [0.15, 0.2) is 6.10 Å². The van der Waals surface area contributed by atoms with Gasteiger partial charge in [0, 0.05) is 28.2 Å². The normalized spacial score (nSPS) is 11.9. The van der Waals surface area contributed by atoms with E-state index in [1.54, 1.807) is 30.5 Å². The number of anilines is 1. The zero-order valence-electron chi connectivity index (χ0n) is 15.3. The Kier molecular flexibility index (Phi) is 5.06. The molecule has 6 heteroatoms. The number of para-hydroxylation sites is 1. The summed E-state index contributed by atoms with van der Waals surface area (Å²) in [6, 6.07) is 20.8. The predicted octanol–water partition coefficient (Wildman–Crippen LogP) is 5.18. The fourth-order valence-corrected chi connectivity index (χ4v) is 3.28. The molecule has 144 valence electrons. The fraction of sp³-hybridized carbons (Fsp3) is 0.0435. The van der Waals surface area contributed by atoms with Gasteiger partial charge >= 0.3 is 5.97 Å². The highest BCUT2D eigenvalue weighted by atomic mass is 35.5. The maximum absolute atomic E-state index is 13.4. The molecule has 1 atom stereocenters. The molecule has 29 heavy (non-hydrogen) atoms. The molecule has 4 rings (SSSR count). The molecule has 1 aromatic heterocycles. The number of ketones is 1. The van der Waals surface area contributed by atoms with E-state index in [2.05, 4.69) is 4.98 Å². The molecule has 4 aromatic rings. The number of Topliss-reactive ketones (excluding diaryl/α,β-unsaturated/α-hetero) is 1. The molecule has 0 aliphatic heterocycles. The van der Waals surface area contributed by atoms with E-state index in [1.165, 1.54) is 18.2 Å². The van der Waals surface area contributed by atoms with Crippen LogP contribution in [0.5, 0.6) is 0 Å². The fourth-order valence-electron chi connectivity index (χ4n) is 3.16. The maximum atomic E-state index is 13.4. The van der Waals surface area contributed by atoms with Crippen LogP contribution in [0.3, 0.4) is 0 Å². The molecule has 0 aliphatic rings. The summed E-state index contributed by atoms with van der Waals surface area (Å²) in [5.41, 5.74) is 8.15. The van der Waals surface area contributed by atoms with Crippen molar-refractivity contribution in [3.8, 4) is 0 Å². The van der Waals surface area contributed by atoms with Crippen LogP contribution in [0.15, 0.2) is 79.0 Å². The summed E-state index contributed by atoms with van der Waals surface area (Å²) in [5, 5.41) is 1.11. The lowest BCUT2D eigenvalue weighted by Crippen LogP contribution is -2.20. The van der Waals surface area contributed by atoms with E-state index in [1.807, 2.05) is 30.3 Å². The van der Waals surface area contributed by atoms with E-state index < -0.39 is 12.1 Å². The van der Waals surface area contributed by atoms with E-state index in [0.29, 0.717) is 16.1 Å². The van der Waals surface area contributed by atoms with Crippen molar-refractivity contribution in [3.05, 3.63) is 101 Å². The average Bonchev–Trinajstić information content (AvgIpc) is 3.18. The van der Waals surface area contributed by atoms with Crippen LogP contribution in [-0.4, -0.2) is 16.7 Å². The molecule has 0 amide bonds. The Morgan fingerprint density at radius 1 is 0.966 bits per heavy atom. The molecule has 3 aromatic carbocycles. The van der Waals surface area contributed by atoms with Gasteiger partial charge in [-0.05, 0) is 24.3 Å². The van der Waals surface area contributed by atoms with Crippen molar-refractivity contribution in [3.63, 3.8) is 0 Å². The number of nitrogens with two attached hydrogens (primary N) is 1. The summed E-state index contributed by atoms with van der Waals surface area (Å²) in [6.45, 7) is 0. The average molecular weight is 405 g/mol. The van der Waals surface area contributed by atoms with Crippen molar-refractivity contribution in [2.75, 3.05) is 5.73 Å². The van der Waals surface area contributed by atoms with Gasteiger partial charge < -0.3 is 15.5 Å². The summed E-state index contributed by atoms with van der Waals surface area (Å²) < 4.78 is 5.65. The van der Waals surface area contributed by atoms with Crippen molar-refractivity contribution in [2.45, 2.75) is 6.10 Å². The van der Waals surface area contributed by atoms with Gasteiger partial charge in [-0.2, -0.15) is 0 Å². The van der Waals surface area contributed by atoms with E-state index in [4.69, 9.17) is 22.1 Å². The van der Waals surface area contributed by atoms with Gasteiger partial charge in [-0.25, -0.2) is 4.79 Å². The Labute approximate surface area is 172 Å². The first kappa shape index (κ1) is 18.8. The molecule has 0 aliphatic carbocycles. The van der Waals surface area contributed by atoms with E-state index in [9.17, 15) is 9.59 Å². The van der Waals surface area contributed by atoms with Crippen LogP contribution in [0, 0.1) is 0 Å². The number of nitrogen functional groups attached to an aromatic ring is 1. The number of hydrogen-bond donors (Lipinski definition) is 2. The number of aromatic nitrogens is 1. The molecule has 0 saturated carbocycles. The third-order valence-electron chi connectivity index (χ3n) is 4.65. The number of aromatic amines is 1. The van der Waals surface area contributed by atoms with Crippen molar-refractivity contribution < 1.29 is 14.3 Å². The zero-order valence-corrected chi connectivity index (χ0v) is 16.0. The van der Waals surface area contributed by atoms with Crippen molar-refractivity contribution in [2.24, 2.45) is 0 Å². The minimum absolute atomic E-state index is 0.222. The Morgan fingerprint density at radius 3 is 2.45 bits per heavy atom. The molecule has 0 saturated heterocycles. The number of benzene rings is 3. The lowest BCUT2D eigenvalue weighted by Gasteiger charge is -2.17. The molecule has 0 bridgehead atoms. The van der Waals surface area contributed by atoms with Crippen LogP contribution in [0.4, 0.5) is 5.69 Å². The second-order valence-corrected chi connectivity index (χ2v) is 6.95. The van der Waals surface area contributed by atoms with Gasteiger partial charge in [0.05, 0.1) is 16.3 Å². The summed E-state index contributed by atoms with van der Waals surface area (Å²) >= 11 is 5.93. The predicted molar refractivity (Wildman–Crippen MR) is 113 cm³/mol. The molecular weight excluding hydrogens is 388 g/mol. The molecule has 0 fully saturated rings. The minimum Gasteiger partial charge on any atom is -0.445 e. The molecule has 0 spiro atoms. The lowest BCUT2D eigenvalue weighted by atomic mass is 9.99. The Morgan fingerprint density at radius 2 is 1.69 bits per heavy atom. The first-order valence-electron chi connectivity index (χ1n) is 8.96. The summed E-state index contributed by atoms with van der Waals surface area (Å²) in [4.78, 5) is 29.2. The number of esters is 1. The van der Waals surface area contributed by atoms with Crippen molar-refractivity contribution in [1.82, 2.24) is 4.98 Å². The SMILES string of the molecule is Nc1cc(C(=O)OC(C(=O)c2c[nH]c3ccccc23)c2ccccc2)ccc1Cl. The highest BCUT2D eigenvalue weighted by molar-refractivity contribution is 6.33. The molecule has 3 N–H and O–H groups in total. The number of halogens is 1. The van der Waals surface area contributed by atoms with Gasteiger partial charge in [0.1, 0.15) is 0 Å². The number of rotatable bonds is 5. The van der Waals surface area contributed by atoms with E-state index in [-0.39, 0.29) is 17.0 Å². The largest absolute Gasteiger partial charge is 0.445 e. The zero-order chi connectivity index (χ0) is 20.4. The van der Waals surface area contributed by atoms with Gasteiger partial charge in [-0.15, -0.1) is 0 Å². The summed E-state index contributed by atoms with van der Waals surface area (Å²) in [5.74, 6) is -0.973. The van der Waals surface area contributed by atoms with E-state index >= 15 is 0 Å². The van der Waals surface area contributed by atoms with Crippen LogP contribution in [0.1, 0.15) is 32.4 Å². The number of H-pyrrole nitrogens is 1. The van der Waals surface area contributed by atoms with Crippen LogP contribution in [0.2, 0.25) is 5.02 Å². The first-order chi connectivity index (χ1) is 14.0. The van der Waals surface area contributed by atoms with Crippen molar-refractivity contribution in [1.29, 1.82) is 0 Å². The maximum Gasteiger partial charge on any atom is 0.339 e. The molecule has 5 nitrogen and oxygen atoms in total. The number of hydrogen-bond acceptors (Lipinski definition) is 4. The monoisotopic (exact) mass is 404 g/mol. The standard InChI is InChI=1S/C23H17ClN2O3/c24-18-11-10-15(12-19(18)25)23(28)29-22(14-6-2-1-3-7-14)21(27)17-13-26-20-9-5-4-8-16(17)20/h1-13,22,26H,25H2. The number of ether oxygens (including phenoxy) is 1. The third-order valence-corrected chi connectivity index (χ3v) is 5.00. The highest BCUT2D eigenvalue weighted by Gasteiger charge is 2.28. The molecular formula is C23H17ClN2O3. The van der Waals surface area contributed by atoms with E-state index in [0.717, 1.165) is 10.9 Å². The highest BCUT2D eigenvalue weighted by Crippen LogP contribution is 2.28. The second-order valence-electron chi connectivity index (χ2n) is 6.54. The van der Waals surface area contributed by atoms with Crippen LogP contribution < -0.4 is 5.73 Å². The van der Waals surface area contributed by atoms with Crippen LogP contribution >= 0.6 is 11.6 Å². The van der Waals surface area contributed by atoms with Gasteiger partial charge in [0.25, 0.3) is 0 Å². The second kappa shape index (κ2) is 7.81. The number of carbonyl (C=O) groups is 2. The molecule has 0 radical (unpaired) electrons. The summed E-state index contributed by atoms with van der Waals surface area (Å²) in [7, 11) is 0. The van der Waals surface area contributed by atoms with Gasteiger partial charge in [-0.1, -0.05) is 60.1 Å². The first-order valence-corrected chi connectivity index (χ1v) is 9.33. The topological polar surface area (TPSA) is 85.2 Å². The third kappa shape index (κ3) is 3.73. The van der Waals surface area contributed by atoms with Crippen molar-refractivity contribution >= 4 is 39.9 Å². The van der Waals surface area contributed by atoms with Crippen LogP contribution in [-0.2, 0) is 4.74 Å². The minimum atomic E-state index is -1.10. The number of nitrogens with one attached hydrogen (secondary N) is 1. The van der Waals surface area contributed by atoms with Crippen LogP contribution in [0.25, 0.3) is 10.9 Å². The van der Waals surface area contributed by atoms with Gasteiger partial charge in [0.2, 0.25) is 5.78 Å². The quantitative estimate of drug-likeness (QED) is 0.272. The molecule has 1 unspecified atom stereocenters. The Balaban J connectivity index is 1.71. The molecule has 1 heterocycles. The number of fused-ring (bicyclic) bond motifs is 1. The smallest absolute Gasteiger partial charge is 0.339 e. The number of carbonyl (C=O) groups excluding carboxylic acids is 2. The Hall–Kier alpha value is -3.57.